The van der Waals surface area contributed by atoms with Crippen molar-refractivity contribution in [2.75, 3.05) is 30.8 Å². The third-order valence-electron chi connectivity index (χ3n) is 4.62. The van der Waals surface area contributed by atoms with E-state index in [1.165, 1.54) is 0 Å². The molecule has 128 valence electrons. The van der Waals surface area contributed by atoms with Crippen LogP contribution in [0, 0.1) is 5.41 Å². The molecule has 0 radical (unpaired) electrons. The Kier molecular flexibility index (Phi) is 5.35. The standard InChI is InChI=1S/C15H20N2O4S.ClH/c16-10-15(4-6-21-7-5-15)14(18)17-12-2-1-11-3-8-22(19,20)13(11)9-12;/h1-2,9H,3-8,10,16H2,(H,17,18);1H. The van der Waals surface area contributed by atoms with Gasteiger partial charge in [0.2, 0.25) is 5.91 Å². The number of nitrogens with two attached hydrogens (primary N) is 1. The maximum atomic E-state index is 12.6. The monoisotopic (exact) mass is 360 g/mol. The Labute approximate surface area is 142 Å². The number of ether oxygens (including phenoxy) is 1. The zero-order chi connectivity index (χ0) is 15.8. The molecule has 0 aliphatic carbocycles. The molecule has 0 aromatic heterocycles. The molecule has 0 atom stereocenters. The second-order valence-corrected chi connectivity index (χ2v) is 8.02. The van der Waals surface area contributed by atoms with Gasteiger partial charge in [0.05, 0.1) is 16.1 Å². The third-order valence-corrected chi connectivity index (χ3v) is 6.41. The summed E-state index contributed by atoms with van der Waals surface area (Å²) in [6.07, 6.45) is 1.70. The lowest BCUT2D eigenvalue weighted by Crippen LogP contribution is -2.46. The minimum Gasteiger partial charge on any atom is -0.381 e. The van der Waals surface area contributed by atoms with Crippen LogP contribution in [0.3, 0.4) is 0 Å². The summed E-state index contributed by atoms with van der Waals surface area (Å²) >= 11 is 0. The summed E-state index contributed by atoms with van der Waals surface area (Å²) in [5.74, 6) is -0.0160. The lowest BCUT2D eigenvalue weighted by atomic mass is 9.79. The largest absolute Gasteiger partial charge is 0.381 e. The Balaban J connectivity index is 0.00000192. The highest BCUT2D eigenvalue weighted by Gasteiger charge is 2.39. The Morgan fingerprint density at radius 1 is 1.30 bits per heavy atom. The molecule has 1 fully saturated rings. The molecule has 6 nitrogen and oxygen atoms in total. The molecule has 3 rings (SSSR count). The van der Waals surface area contributed by atoms with Crippen LogP contribution in [-0.4, -0.2) is 39.8 Å². The molecule has 1 aromatic carbocycles. The highest BCUT2D eigenvalue weighted by atomic mass is 35.5. The van der Waals surface area contributed by atoms with Crippen LogP contribution in [0.1, 0.15) is 18.4 Å². The number of carbonyl (C=O) groups excluding carboxylic acids is 1. The van der Waals surface area contributed by atoms with Gasteiger partial charge in [-0.15, -0.1) is 12.4 Å². The molecular weight excluding hydrogens is 340 g/mol. The first-order chi connectivity index (χ1) is 10.5. The topological polar surface area (TPSA) is 98.5 Å². The Bertz CT molecular complexity index is 699. The number of amides is 1. The van der Waals surface area contributed by atoms with E-state index in [9.17, 15) is 13.2 Å². The highest BCUT2D eigenvalue weighted by Crippen LogP contribution is 2.32. The first kappa shape index (κ1) is 18.2. The second-order valence-electron chi connectivity index (χ2n) is 5.94. The fourth-order valence-electron chi connectivity index (χ4n) is 3.03. The van der Waals surface area contributed by atoms with Crippen LogP contribution in [0.25, 0.3) is 0 Å². The minimum atomic E-state index is -3.21. The molecule has 1 saturated heterocycles. The zero-order valence-electron chi connectivity index (χ0n) is 12.7. The van der Waals surface area contributed by atoms with Gasteiger partial charge in [0.15, 0.2) is 9.84 Å². The molecule has 2 aliphatic rings. The number of halogens is 1. The van der Waals surface area contributed by atoms with Gasteiger partial charge in [0, 0.05) is 25.4 Å². The number of anilines is 1. The van der Waals surface area contributed by atoms with Crippen LogP contribution in [0.15, 0.2) is 23.1 Å². The maximum Gasteiger partial charge on any atom is 0.232 e. The SMILES string of the molecule is Cl.NCC1(C(=O)Nc2ccc3c(c2)S(=O)(=O)CC3)CCOCC1. The number of carbonyl (C=O) groups is 1. The summed E-state index contributed by atoms with van der Waals surface area (Å²) in [5.41, 5.74) is 6.51. The number of fused-ring (bicyclic) bond motifs is 1. The number of nitrogens with one attached hydrogen (secondary N) is 1. The molecule has 0 unspecified atom stereocenters. The summed E-state index contributed by atoms with van der Waals surface area (Å²) in [5, 5.41) is 2.83. The van der Waals surface area contributed by atoms with E-state index in [1.54, 1.807) is 18.2 Å². The van der Waals surface area contributed by atoms with Crippen LogP contribution in [0.5, 0.6) is 0 Å². The second kappa shape index (κ2) is 6.76. The van der Waals surface area contributed by atoms with Gasteiger partial charge in [-0.1, -0.05) is 6.07 Å². The molecule has 3 N–H and O–H groups in total. The maximum absolute atomic E-state index is 12.6. The van der Waals surface area contributed by atoms with Crippen molar-refractivity contribution < 1.29 is 17.9 Å². The number of benzene rings is 1. The predicted molar refractivity (Wildman–Crippen MR) is 89.6 cm³/mol. The highest BCUT2D eigenvalue weighted by molar-refractivity contribution is 7.91. The van der Waals surface area contributed by atoms with E-state index in [0.29, 0.717) is 43.1 Å². The van der Waals surface area contributed by atoms with Crippen molar-refractivity contribution in [3.8, 4) is 0 Å². The number of rotatable bonds is 3. The quantitative estimate of drug-likeness (QED) is 0.842. The fourth-order valence-corrected chi connectivity index (χ4v) is 4.62. The van der Waals surface area contributed by atoms with Gasteiger partial charge in [-0.05, 0) is 37.0 Å². The smallest absolute Gasteiger partial charge is 0.232 e. The number of hydrogen-bond donors (Lipinski definition) is 2. The van der Waals surface area contributed by atoms with Gasteiger partial charge in [0.1, 0.15) is 0 Å². The van der Waals surface area contributed by atoms with Crippen LogP contribution < -0.4 is 11.1 Å². The van der Waals surface area contributed by atoms with E-state index < -0.39 is 15.3 Å². The first-order valence-electron chi connectivity index (χ1n) is 7.42. The lowest BCUT2D eigenvalue weighted by molar-refractivity contribution is -0.130. The third kappa shape index (κ3) is 3.38. The van der Waals surface area contributed by atoms with E-state index in [2.05, 4.69) is 5.32 Å². The van der Waals surface area contributed by atoms with Crippen LogP contribution in [0.2, 0.25) is 0 Å². The molecule has 8 heteroatoms. The normalized spacial score (nSPS) is 21.1. The van der Waals surface area contributed by atoms with Crippen molar-refractivity contribution >= 4 is 33.8 Å². The predicted octanol–water partition coefficient (Wildman–Crippen LogP) is 1.13. The molecule has 0 bridgehead atoms. The number of hydrogen-bond acceptors (Lipinski definition) is 5. The molecular formula is C15H21ClN2O4S. The van der Waals surface area contributed by atoms with Gasteiger partial charge in [-0.3, -0.25) is 4.79 Å². The Morgan fingerprint density at radius 2 is 2.00 bits per heavy atom. The van der Waals surface area contributed by atoms with E-state index in [1.807, 2.05) is 0 Å². The fraction of sp³-hybridized carbons (Fsp3) is 0.533. The first-order valence-corrected chi connectivity index (χ1v) is 9.07. The van der Waals surface area contributed by atoms with Gasteiger partial charge >= 0.3 is 0 Å². The molecule has 0 saturated carbocycles. The summed E-state index contributed by atoms with van der Waals surface area (Å²) in [6, 6.07) is 5.08. The van der Waals surface area contributed by atoms with Gasteiger partial charge in [-0.25, -0.2) is 8.42 Å². The molecule has 1 aromatic rings. The molecule has 23 heavy (non-hydrogen) atoms. The van der Waals surface area contributed by atoms with Gasteiger partial charge < -0.3 is 15.8 Å². The van der Waals surface area contributed by atoms with E-state index in [4.69, 9.17) is 10.5 Å². The van der Waals surface area contributed by atoms with E-state index in [0.717, 1.165) is 5.56 Å². The van der Waals surface area contributed by atoms with E-state index >= 15 is 0 Å². The van der Waals surface area contributed by atoms with Crippen LogP contribution in [-0.2, 0) is 25.8 Å². The summed E-state index contributed by atoms with van der Waals surface area (Å²) < 4.78 is 29.2. The average molecular weight is 361 g/mol. The van der Waals surface area contributed by atoms with Crippen molar-refractivity contribution in [3.63, 3.8) is 0 Å². The van der Waals surface area contributed by atoms with E-state index in [-0.39, 0.29) is 30.6 Å². The minimum absolute atomic E-state index is 0. The van der Waals surface area contributed by atoms with Crippen LogP contribution >= 0.6 is 12.4 Å². The average Bonchev–Trinajstić information content (AvgIpc) is 2.83. The van der Waals surface area contributed by atoms with Crippen molar-refractivity contribution in [3.05, 3.63) is 23.8 Å². The van der Waals surface area contributed by atoms with Gasteiger partial charge in [0.25, 0.3) is 0 Å². The molecule has 0 spiro atoms. The molecule has 1 amide bonds. The lowest BCUT2D eigenvalue weighted by Gasteiger charge is -2.34. The summed E-state index contributed by atoms with van der Waals surface area (Å²) in [6.45, 7) is 1.29. The van der Waals surface area contributed by atoms with Crippen molar-refractivity contribution in [1.29, 1.82) is 0 Å². The number of aryl methyl sites for hydroxylation is 1. The summed E-state index contributed by atoms with van der Waals surface area (Å²) in [7, 11) is -3.21. The van der Waals surface area contributed by atoms with Crippen LogP contribution in [0.4, 0.5) is 5.69 Å². The van der Waals surface area contributed by atoms with Crippen molar-refractivity contribution in [2.45, 2.75) is 24.2 Å². The molecule has 2 heterocycles. The Morgan fingerprint density at radius 3 is 2.65 bits per heavy atom. The van der Waals surface area contributed by atoms with Crippen molar-refractivity contribution in [1.82, 2.24) is 0 Å². The molecule has 2 aliphatic heterocycles. The zero-order valence-corrected chi connectivity index (χ0v) is 14.3. The van der Waals surface area contributed by atoms with Gasteiger partial charge in [-0.2, -0.15) is 0 Å². The Hall–Kier alpha value is -1.15. The van der Waals surface area contributed by atoms with Crippen molar-refractivity contribution in [2.24, 2.45) is 11.1 Å². The number of sulfone groups is 1. The summed E-state index contributed by atoms with van der Waals surface area (Å²) in [4.78, 5) is 12.9.